The predicted molar refractivity (Wildman–Crippen MR) is 67.2 cm³/mol. The molecule has 0 aliphatic rings. The summed E-state index contributed by atoms with van der Waals surface area (Å²) < 4.78 is 4.98. The van der Waals surface area contributed by atoms with E-state index in [9.17, 15) is 9.59 Å². The second-order valence-corrected chi connectivity index (χ2v) is 4.95. The van der Waals surface area contributed by atoms with Crippen LogP contribution >= 0.6 is 11.6 Å². The van der Waals surface area contributed by atoms with E-state index in [-0.39, 0.29) is 23.6 Å². The van der Waals surface area contributed by atoms with Crippen LogP contribution in [0.1, 0.15) is 26.7 Å². The lowest BCUT2D eigenvalue weighted by Gasteiger charge is -2.24. The number of imide groups is 1. The van der Waals surface area contributed by atoms with Gasteiger partial charge in [0.05, 0.1) is 0 Å². The number of carbonyl (C=O) groups excluding carboxylic acids is 2. The minimum Gasteiger partial charge on any atom is -0.385 e. The van der Waals surface area contributed by atoms with Crippen molar-refractivity contribution >= 4 is 23.5 Å². The zero-order chi connectivity index (χ0) is 13.3. The lowest BCUT2D eigenvalue weighted by atomic mass is 9.90. The second kappa shape index (κ2) is 8.31. The standard InChI is InChI=1S/C11H21ClN2O3/c1-11(2,5-7-17-3)8-13-10(16)14-9(15)4-6-12/h4-8H2,1-3H3,(H2,13,14,15,16). The van der Waals surface area contributed by atoms with Crippen molar-refractivity contribution in [3.63, 3.8) is 0 Å². The lowest BCUT2D eigenvalue weighted by Crippen LogP contribution is -2.43. The topological polar surface area (TPSA) is 67.4 Å². The molecule has 0 saturated heterocycles. The van der Waals surface area contributed by atoms with E-state index in [1.807, 2.05) is 13.8 Å². The Morgan fingerprint density at radius 2 is 2.00 bits per heavy atom. The Balaban J connectivity index is 3.86. The summed E-state index contributed by atoms with van der Waals surface area (Å²) in [5, 5.41) is 4.86. The summed E-state index contributed by atoms with van der Waals surface area (Å²) in [7, 11) is 1.64. The Hall–Kier alpha value is -0.810. The van der Waals surface area contributed by atoms with Gasteiger partial charge in [0.15, 0.2) is 0 Å². The Labute approximate surface area is 107 Å². The Morgan fingerprint density at radius 1 is 1.35 bits per heavy atom. The van der Waals surface area contributed by atoms with Gasteiger partial charge in [-0.3, -0.25) is 10.1 Å². The molecule has 0 rings (SSSR count). The van der Waals surface area contributed by atoms with Crippen molar-refractivity contribution in [3.05, 3.63) is 0 Å². The highest BCUT2D eigenvalue weighted by atomic mass is 35.5. The van der Waals surface area contributed by atoms with E-state index in [2.05, 4.69) is 10.6 Å². The fourth-order valence-corrected chi connectivity index (χ4v) is 1.28. The highest BCUT2D eigenvalue weighted by Crippen LogP contribution is 2.18. The van der Waals surface area contributed by atoms with Crippen molar-refractivity contribution in [1.82, 2.24) is 10.6 Å². The van der Waals surface area contributed by atoms with Gasteiger partial charge in [-0.05, 0) is 11.8 Å². The third kappa shape index (κ3) is 8.94. The number of amides is 3. The number of carbonyl (C=O) groups is 2. The molecule has 0 spiro atoms. The van der Waals surface area contributed by atoms with Gasteiger partial charge in [0, 0.05) is 32.6 Å². The average Bonchev–Trinajstić information content (AvgIpc) is 2.24. The predicted octanol–water partition coefficient (Wildman–Crippen LogP) is 1.50. The van der Waals surface area contributed by atoms with Crippen LogP contribution in [0.15, 0.2) is 0 Å². The molecule has 0 bridgehead atoms. The van der Waals surface area contributed by atoms with Gasteiger partial charge in [-0.2, -0.15) is 0 Å². The van der Waals surface area contributed by atoms with E-state index >= 15 is 0 Å². The normalized spacial score (nSPS) is 11.1. The number of nitrogens with one attached hydrogen (secondary N) is 2. The first kappa shape index (κ1) is 16.2. The fourth-order valence-electron chi connectivity index (χ4n) is 1.11. The molecule has 3 amide bonds. The highest BCUT2D eigenvalue weighted by Gasteiger charge is 2.18. The number of hydrogen-bond donors (Lipinski definition) is 2. The summed E-state index contributed by atoms with van der Waals surface area (Å²) in [6, 6.07) is -0.481. The molecule has 6 heteroatoms. The number of urea groups is 1. The van der Waals surface area contributed by atoms with Crippen LogP contribution in [0.25, 0.3) is 0 Å². The maximum absolute atomic E-state index is 11.3. The molecular formula is C11H21ClN2O3. The molecule has 0 radical (unpaired) electrons. The van der Waals surface area contributed by atoms with Gasteiger partial charge in [0.1, 0.15) is 0 Å². The van der Waals surface area contributed by atoms with E-state index in [4.69, 9.17) is 16.3 Å². The van der Waals surface area contributed by atoms with Crippen LogP contribution in [0.4, 0.5) is 4.79 Å². The number of rotatable bonds is 7. The smallest absolute Gasteiger partial charge is 0.321 e. The number of methoxy groups -OCH3 is 1. The quantitative estimate of drug-likeness (QED) is 0.685. The van der Waals surface area contributed by atoms with Crippen LogP contribution in [0.2, 0.25) is 0 Å². The lowest BCUT2D eigenvalue weighted by molar-refractivity contribution is -0.119. The average molecular weight is 265 g/mol. The summed E-state index contributed by atoms with van der Waals surface area (Å²) in [5.74, 6) is -0.162. The summed E-state index contributed by atoms with van der Waals surface area (Å²) in [6.45, 7) is 5.16. The third-order valence-electron chi connectivity index (χ3n) is 2.28. The van der Waals surface area contributed by atoms with Crippen LogP contribution in [0.5, 0.6) is 0 Å². The van der Waals surface area contributed by atoms with Gasteiger partial charge >= 0.3 is 6.03 Å². The van der Waals surface area contributed by atoms with Crippen LogP contribution in [0, 0.1) is 5.41 Å². The van der Waals surface area contributed by atoms with Crippen LogP contribution in [-0.4, -0.2) is 38.1 Å². The number of ether oxygens (including phenoxy) is 1. The van der Waals surface area contributed by atoms with Gasteiger partial charge in [-0.25, -0.2) is 4.79 Å². The van der Waals surface area contributed by atoms with Crippen molar-refractivity contribution in [2.75, 3.05) is 26.1 Å². The Kier molecular flexibility index (Phi) is 7.91. The monoisotopic (exact) mass is 264 g/mol. The molecule has 0 heterocycles. The zero-order valence-electron chi connectivity index (χ0n) is 10.6. The van der Waals surface area contributed by atoms with E-state index in [0.29, 0.717) is 13.2 Å². The van der Waals surface area contributed by atoms with E-state index < -0.39 is 6.03 Å². The molecule has 17 heavy (non-hydrogen) atoms. The van der Waals surface area contributed by atoms with Crippen LogP contribution in [-0.2, 0) is 9.53 Å². The minimum atomic E-state index is -0.481. The Morgan fingerprint density at radius 3 is 2.53 bits per heavy atom. The van der Waals surface area contributed by atoms with Crippen molar-refractivity contribution in [2.45, 2.75) is 26.7 Å². The van der Waals surface area contributed by atoms with Crippen molar-refractivity contribution in [3.8, 4) is 0 Å². The largest absolute Gasteiger partial charge is 0.385 e. The molecule has 0 fully saturated rings. The van der Waals surface area contributed by atoms with Gasteiger partial charge in [0.25, 0.3) is 0 Å². The minimum absolute atomic E-state index is 0.0666. The van der Waals surface area contributed by atoms with Gasteiger partial charge in [-0.15, -0.1) is 11.6 Å². The Bertz CT molecular complexity index is 257. The van der Waals surface area contributed by atoms with Crippen LogP contribution in [0.3, 0.4) is 0 Å². The SMILES string of the molecule is COCCC(C)(C)CNC(=O)NC(=O)CCCl. The summed E-state index contributed by atoms with van der Waals surface area (Å²) in [5.41, 5.74) is -0.0666. The highest BCUT2D eigenvalue weighted by molar-refractivity contribution is 6.19. The molecule has 0 aromatic rings. The molecular weight excluding hydrogens is 244 g/mol. The first-order chi connectivity index (χ1) is 7.91. The molecule has 5 nitrogen and oxygen atoms in total. The second-order valence-electron chi connectivity index (χ2n) is 4.58. The van der Waals surface area contributed by atoms with Crippen molar-refractivity contribution in [1.29, 1.82) is 0 Å². The van der Waals surface area contributed by atoms with E-state index in [1.54, 1.807) is 7.11 Å². The molecule has 2 N–H and O–H groups in total. The summed E-state index contributed by atoms with van der Waals surface area (Å²) >= 11 is 5.38. The molecule has 0 aliphatic carbocycles. The fraction of sp³-hybridized carbons (Fsp3) is 0.818. The molecule has 0 aromatic heterocycles. The van der Waals surface area contributed by atoms with Gasteiger partial charge in [-0.1, -0.05) is 13.8 Å². The van der Waals surface area contributed by atoms with Crippen LogP contribution < -0.4 is 10.6 Å². The van der Waals surface area contributed by atoms with E-state index in [1.165, 1.54) is 0 Å². The molecule has 100 valence electrons. The molecule has 0 atom stereocenters. The number of hydrogen-bond acceptors (Lipinski definition) is 3. The maximum atomic E-state index is 11.3. The third-order valence-corrected chi connectivity index (χ3v) is 2.47. The van der Waals surface area contributed by atoms with E-state index in [0.717, 1.165) is 6.42 Å². The number of halogens is 1. The van der Waals surface area contributed by atoms with Gasteiger partial charge in [0.2, 0.25) is 5.91 Å². The molecule has 0 aliphatic heterocycles. The summed E-state index contributed by atoms with van der Waals surface area (Å²) in [6.07, 6.45) is 0.974. The van der Waals surface area contributed by atoms with Gasteiger partial charge < -0.3 is 10.1 Å². The first-order valence-electron chi connectivity index (χ1n) is 5.54. The molecule has 0 unspecified atom stereocenters. The maximum Gasteiger partial charge on any atom is 0.321 e. The molecule has 0 aromatic carbocycles. The van der Waals surface area contributed by atoms with Crippen molar-refractivity contribution in [2.24, 2.45) is 5.41 Å². The summed E-state index contributed by atoms with van der Waals surface area (Å²) in [4.78, 5) is 22.4. The molecule has 0 saturated carbocycles. The zero-order valence-corrected chi connectivity index (χ0v) is 11.4. The first-order valence-corrected chi connectivity index (χ1v) is 6.07. The van der Waals surface area contributed by atoms with Crippen molar-refractivity contribution < 1.29 is 14.3 Å². The number of alkyl halides is 1.